The van der Waals surface area contributed by atoms with Crippen molar-refractivity contribution in [3.63, 3.8) is 0 Å². The summed E-state index contributed by atoms with van der Waals surface area (Å²) in [5.74, 6) is 0.857. The second kappa shape index (κ2) is 9.54. The number of benzene rings is 1. The average molecular weight is 680 g/mol. The van der Waals surface area contributed by atoms with Crippen molar-refractivity contribution in [2.75, 3.05) is 19.6 Å². The van der Waals surface area contributed by atoms with Crippen LogP contribution >= 0.6 is 40.8 Å². The summed E-state index contributed by atoms with van der Waals surface area (Å²) in [6.45, 7) is 7.88. The number of fused-ring (bicyclic) bond motifs is 2. The monoisotopic (exact) mass is 680 g/mol. The Hall–Kier alpha value is -1.46. The van der Waals surface area contributed by atoms with Crippen LogP contribution in [0.2, 0.25) is 0 Å². The number of aromatic nitrogens is 1. The number of pyridine rings is 1. The van der Waals surface area contributed by atoms with Crippen LogP contribution in [0, 0.1) is 5.92 Å². The Balaban J connectivity index is 1.30. The van der Waals surface area contributed by atoms with Gasteiger partial charge in [0.1, 0.15) is 0 Å². The molecule has 0 unspecified atom stereocenters. The van der Waals surface area contributed by atoms with Gasteiger partial charge in [-0.15, -0.1) is 0 Å². The van der Waals surface area contributed by atoms with E-state index in [9.17, 15) is 4.79 Å². The summed E-state index contributed by atoms with van der Waals surface area (Å²) in [5.41, 5.74) is 3.24. The van der Waals surface area contributed by atoms with Crippen molar-refractivity contribution < 1.29 is 4.79 Å². The molecular weight excluding hydrogens is 650 g/mol. The molecule has 1 aromatic heterocycles. The Morgan fingerprint density at radius 2 is 2.03 bits per heavy atom. The molecule has 0 N–H and O–H groups in total. The van der Waals surface area contributed by atoms with E-state index < -0.39 is 20.1 Å². The zero-order valence-electron chi connectivity index (χ0n) is 19.7. The molecule has 7 heteroatoms. The summed E-state index contributed by atoms with van der Waals surface area (Å²) in [6, 6.07) is 10.1. The van der Waals surface area contributed by atoms with Gasteiger partial charge < -0.3 is 0 Å². The number of rotatable bonds is 3. The standard InChI is InChI=1S/C27H30I2N4O/c1-18-11-14-32(17-18)26-19(2)16-29-24(28-26)15-22(31-29)23-9-5-6-13-33(23)27(34)25-21-8-4-3-7-20(21)10-12-30-25/h3-4,7-8,10,12,15-16,18,23H,5-6,9,11,13-14,17H2,1-2H3/t18-,23-/m0/s1. The number of piperidine rings is 1. The van der Waals surface area contributed by atoms with Crippen LogP contribution in [0.5, 0.6) is 0 Å². The first-order valence-electron chi connectivity index (χ1n) is 12.2. The van der Waals surface area contributed by atoms with E-state index in [-0.39, 0.29) is 32.7 Å². The fraction of sp³-hybridized carbons (Fsp3) is 0.407. The quantitative estimate of drug-likeness (QED) is 0.358. The molecule has 6 rings (SSSR count). The van der Waals surface area contributed by atoms with Gasteiger partial charge in [-0.1, -0.05) is 0 Å². The second-order valence-electron chi connectivity index (χ2n) is 9.64. The normalized spacial score (nSPS) is 26.4. The van der Waals surface area contributed by atoms with Crippen LogP contribution in [0.15, 0.2) is 57.1 Å². The molecule has 178 valence electrons. The molecule has 1 amide bonds. The first-order valence-corrected chi connectivity index (χ1v) is 17.6. The van der Waals surface area contributed by atoms with E-state index in [1.807, 2.05) is 24.3 Å². The molecule has 2 atom stereocenters. The number of amides is 1. The molecule has 4 aliphatic heterocycles. The summed E-state index contributed by atoms with van der Waals surface area (Å²) in [7, 11) is 0. The molecule has 0 aliphatic carbocycles. The van der Waals surface area contributed by atoms with Gasteiger partial charge in [0.25, 0.3) is 0 Å². The zero-order chi connectivity index (χ0) is 23.2. The van der Waals surface area contributed by atoms with Crippen molar-refractivity contribution >= 4 is 66.8 Å². The number of hydrogen-bond donors (Lipinski definition) is 0. The van der Waals surface area contributed by atoms with Gasteiger partial charge in [-0.05, 0) is 0 Å². The Kier molecular flexibility index (Phi) is 6.44. The van der Waals surface area contributed by atoms with Crippen molar-refractivity contribution in [3.8, 4) is 0 Å². The van der Waals surface area contributed by atoms with Crippen LogP contribution in [0.4, 0.5) is 0 Å². The topological polar surface area (TPSA) is 48.8 Å². The molecule has 4 aliphatic rings. The number of carbonyl (C=O) groups excluding carboxylic acids is 1. The van der Waals surface area contributed by atoms with Gasteiger partial charge >= 0.3 is 220 Å². The van der Waals surface area contributed by atoms with Gasteiger partial charge in [0, 0.05) is 0 Å². The van der Waals surface area contributed by atoms with E-state index in [1.165, 1.54) is 30.8 Å². The predicted molar refractivity (Wildman–Crippen MR) is 158 cm³/mol. The molecular formula is C27H30I2N4O. The molecule has 5 heterocycles. The first-order chi connectivity index (χ1) is 16.6. The van der Waals surface area contributed by atoms with Crippen molar-refractivity contribution in [1.29, 1.82) is 0 Å². The summed E-state index contributed by atoms with van der Waals surface area (Å²) >= 11 is -1.76. The van der Waals surface area contributed by atoms with Crippen molar-refractivity contribution in [3.05, 3.63) is 59.5 Å². The third kappa shape index (κ3) is 4.21. The Morgan fingerprint density at radius 1 is 1.15 bits per heavy atom. The molecule has 0 saturated carbocycles. The van der Waals surface area contributed by atoms with Gasteiger partial charge in [0.05, 0.1) is 0 Å². The first kappa shape index (κ1) is 23.0. The van der Waals surface area contributed by atoms with Crippen LogP contribution in [0.3, 0.4) is 0 Å². The predicted octanol–water partition coefficient (Wildman–Crippen LogP) is 6.31. The molecule has 5 nitrogen and oxygen atoms in total. The Labute approximate surface area is 218 Å². The van der Waals surface area contributed by atoms with Crippen LogP contribution in [0.25, 0.3) is 10.8 Å². The van der Waals surface area contributed by atoms with Crippen molar-refractivity contribution in [2.24, 2.45) is 9.12 Å². The van der Waals surface area contributed by atoms with Crippen LogP contribution in [0.1, 0.15) is 50.0 Å². The fourth-order valence-electron chi connectivity index (χ4n) is 5.32. The SMILES string of the molecule is CC1=CI2N=C([C@@H]3CCCCN3C(=O)c3nccc4ccccc34)C=C2I=C1N1CC[C@H](C)C1. The zero-order valence-corrected chi connectivity index (χ0v) is 24.0. The Bertz CT molecular complexity index is 1280. The number of carbonyl (C=O) groups is 1. The van der Waals surface area contributed by atoms with E-state index in [1.54, 1.807) is 11.4 Å². The maximum absolute atomic E-state index is 13.8. The van der Waals surface area contributed by atoms with Crippen LogP contribution < -0.4 is 0 Å². The molecule has 1 aromatic carbocycles. The summed E-state index contributed by atoms with van der Waals surface area (Å²) in [6.07, 6.45) is 8.71. The summed E-state index contributed by atoms with van der Waals surface area (Å²) in [5, 5.41) is 2.01. The molecule has 34 heavy (non-hydrogen) atoms. The van der Waals surface area contributed by atoms with Crippen molar-refractivity contribution in [1.82, 2.24) is 14.8 Å². The summed E-state index contributed by atoms with van der Waals surface area (Å²) in [4.78, 5) is 23.0. The molecule has 2 aromatic rings. The number of nitrogens with zero attached hydrogens (tertiary/aromatic N) is 4. The minimum absolute atomic E-state index is 0.0565. The molecule has 0 radical (unpaired) electrons. The number of hydrogen-bond acceptors (Lipinski definition) is 4. The van der Waals surface area contributed by atoms with Gasteiger partial charge in [0.15, 0.2) is 0 Å². The van der Waals surface area contributed by atoms with E-state index in [2.05, 4.69) is 44.9 Å². The third-order valence-corrected chi connectivity index (χ3v) is 18.1. The van der Waals surface area contributed by atoms with Gasteiger partial charge in [-0.2, -0.15) is 0 Å². The summed E-state index contributed by atoms with van der Waals surface area (Å²) < 4.78 is 11.1. The molecule has 0 spiro atoms. The van der Waals surface area contributed by atoms with E-state index in [4.69, 9.17) is 3.21 Å². The minimum atomic E-state index is -1.61. The molecule has 2 fully saturated rings. The number of likely N-dealkylation sites (tertiary alicyclic amines) is 2. The average Bonchev–Trinajstić information content (AvgIpc) is 3.48. The van der Waals surface area contributed by atoms with Crippen LogP contribution in [-0.4, -0.2) is 55.7 Å². The molecule has 0 bridgehead atoms. The molecule has 2 saturated heterocycles. The van der Waals surface area contributed by atoms with Crippen molar-refractivity contribution in [2.45, 2.75) is 45.6 Å². The van der Waals surface area contributed by atoms with Gasteiger partial charge in [0.2, 0.25) is 0 Å². The van der Waals surface area contributed by atoms with Gasteiger partial charge in [-0.3, -0.25) is 0 Å². The van der Waals surface area contributed by atoms with E-state index >= 15 is 0 Å². The Morgan fingerprint density at radius 3 is 2.88 bits per heavy atom. The van der Waals surface area contributed by atoms with E-state index in [0.717, 1.165) is 42.5 Å². The van der Waals surface area contributed by atoms with Crippen LogP contribution in [-0.2, 0) is 0 Å². The maximum atomic E-state index is 13.8. The van der Waals surface area contributed by atoms with E-state index in [0.29, 0.717) is 5.69 Å². The number of halogens is 2. The fourth-order valence-corrected chi connectivity index (χ4v) is 16.1. The second-order valence-corrected chi connectivity index (χ2v) is 18.4. The van der Waals surface area contributed by atoms with Gasteiger partial charge in [-0.25, -0.2) is 0 Å². The third-order valence-electron chi connectivity index (χ3n) is 7.09.